The van der Waals surface area contributed by atoms with Gasteiger partial charge in [0.2, 0.25) is 0 Å². The Hall–Kier alpha value is -2.80. The maximum Gasteiger partial charge on any atom is 0.259 e. The Morgan fingerprint density at radius 3 is 2.59 bits per heavy atom. The van der Waals surface area contributed by atoms with Gasteiger partial charge in [0.1, 0.15) is 10.6 Å². The van der Waals surface area contributed by atoms with E-state index >= 15 is 0 Å². The lowest BCUT2D eigenvalue weighted by atomic mass is 9.87. The summed E-state index contributed by atoms with van der Waals surface area (Å²) in [6.45, 7) is 1.02. The maximum atomic E-state index is 13.9. The highest BCUT2D eigenvalue weighted by Crippen LogP contribution is 2.39. The van der Waals surface area contributed by atoms with Crippen molar-refractivity contribution in [2.45, 2.75) is 18.8 Å². The zero-order valence-corrected chi connectivity index (χ0v) is 15.3. The van der Waals surface area contributed by atoms with Crippen molar-refractivity contribution < 1.29 is 14.0 Å². The van der Waals surface area contributed by atoms with E-state index in [0.29, 0.717) is 30.8 Å². The van der Waals surface area contributed by atoms with Crippen LogP contribution in [0.15, 0.2) is 42.6 Å². The minimum Gasteiger partial charge on any atom is -0.365 e. The van der Waals surface area contributed by atoms with Crippen molar-refractivity contribution in [3.05, 3.63) is 64.4 Å². The predicted octanol–water partition coefficient (Wildman–Crippen LogP) is 3.55. The Bertz CT molecular complexity index is 1020. The molecule has 5 nitrogen and oxygen atoms in total. The number of hydrogen-bond acceptors (Lipinski definition) is 4. The van der Waals surface area contributed by atoms with Crippen molar-refractivity contribution in [1.82, 2.24) is 9.88 Å². The number of rotatable bonds is 3. The fraction of sp³-hybridized carbons (Fsp3) is 0.250. The first-order valence-corrected chi connectivity index (χ1v) is 9.59. The predicted molar refractivity (Wildman–Crippen MR) is 102 cm³/mol. The summed E-state index contributed by atoms with van der Waals surface area (Å²) in [7, 11) is 0. The lowest BCUT2D eigenvalue weighted by Gasteiger charge is -2.32. The number of thiophene rings is 1. The molecule has 3 heterocycles. The van der Waals surface area contributed by atoms with Gasteiger partial charge < -0.3 is 10.6 Å². The number of halogens is 1. The summed E-state index contributed by atoms with van der Waals surface area (Å²) >= 11 is 1.32. The van der Waals surface area contributed by atoms with Crippen LogP contribution in [0.5, 0.6) is 0 Å². The van der Waals surface area contributed by atoms with Gasteiger partial charge in [-0.3, -0.25) is 9.59 Å². The average molecular weight is 383 g/mol. The molecule has 0 spiro atoms. The van der Waals surface area contributed by atoms with Crippen molar-refractivity contribution in [1.29, 1.82) is 0 Å². The number of aromatic nitrogens is 1. The highest BCUT2D eigenvalue weighted by Gasteiger charge is 2.30. The molecule has 0 saturated carbocycles. The van der Waals surface area contributed by atoms with E-state index in [1.54, 1.807) is 23.2 Å². The molecule has 0 bridgehead atoms. The van der Waals surface area contributed by atoms with Gasteiger partial charge in [-0.2, -0.15) is 0 Å². The number of nitrogens with zero attached hydrogens (tertiary/aromatic N) is 2. The van der Waals surface area contributed by atoms with Crippen LogP contribution in [0.1, 0.15) is 44.4 Å². The zero-order chi connectivity index (χ0) is 19.0. The molecule has 2 amide bonds. The maximum absolute atomic E-state index is 13.9. The Balaban J connectivity index is 1.57. The molecule has 1 fully saturated rings. The van der Waals surface area contributed by atoms with E-state index in [4.69, 9.17) is 5.73 Å². The first kappa shape index (κ1) is 17.6. The van der Waals surface area contributed by atoms with Crippen molar-refractivity contribution >= 4 is 33.4 Å². The number of hydrogen-bond donors (Lipinski definition) is 1. The van der Waals surface area contributed by atoms with Crippen LogP contribution in [-0.4, -0.2) is 34.8 Å². The minimum absolute atomic E-state index is 0.0963. The van der Waals surface area contributed by atoms with E-state index in [0.717, 1.165) is 15.8 Å². The van der Waals surface area contributed by atoms with E-state index in [2.05, 4.69) is 4.98 Å². The summed E-state index contributed by atoms with van der Waals surface area (Å²) in [6, 6.07) is 9.83. The molecule has 0 radical (unpaired) electrons. The number of piperidine rings is 1. The van der Waals surface area contributed by atoms with E-state index in [9.17, 15) is 14.0 Å². The Morgan fingerprint density at radius 1 is 1.15 bits per heavy atom. The molecule has 27 heavy (non-hydrogen) atoms. The molecule has 1 aromatic carbocycles. The second-order valence-electron chi connectivity index (χ2n) is 6.61. The van der Waals surface area contributed by atoms with Gasteiger partial charge in [-0.05, 0) is 42.5 Å². The molecule has 1 saturated heterocycles. The molecule has 2 aromatic heterocycles. The van der Waals surface area contributed by atoms with Gasteiger partial charge in [0.05, 0.1) is 10.4 Å². The van der Waals surface area contributed by atoms with Crippen LogP contribution < -0.4 is 5.73 Å². The quantitative estimate of drug-likeness (QED) is 0.751. The third-order valence-electron chi connectivity index (χ3n) is 5.02. The molecule has 0 atom stereocenters. The number of carbonyl (C=O) groups is 2. The van der Waals surface area contributed by atoms with Gasteiger partial charge in [0.25, 0.3) is 11.8 Å². The third-order valence-corrected chi connectivity index (χ3v) is 6.17. The van der Waals surface area contributed by atoms with Crippen LogP contribution in [-0.2, 0) is 0 Å². The molecular formula is C20H18FN3O2S. The summed E-state index contributed by atoms with van der Waals surface area (Å²) in [6.07, 6.45) is 3.09. The van der Waals surface area contributed by atoms with E-state index in [1.807, 2.05) is 12.1 Å². The van der Waals surface area contributed by atoms with Crippen LogP contribution >= 0.6 is 11.3 Å². The van der Waals surface area contributed by atoms with Gasteiger partial charge in [0.15, 0.2) is 0 Å². The SMILES string of the molecule is NC(=O)c1sc2ncccc2c1C1CCN(C(=O)c2ccccc2F)CC1. The summed E-state index contributed by atoms with van der Waals surface area (Å²) in [5.41, 5.74) is 6.63. The van der Waals surface area contributed by atoms with Crippen LogP contribution in [0, 0.1) is 5.82 Å². The van der Waals surface area contributed by atoms with Gasteiger partial charge in [-0.25, -0.2) is 9.37 Å². The van der Waals surface area contributed by atoms with Crippen LogP contribution in [0.2, 0.25) is 0 Å². The number of benzene rings is 1. The summed E-state index contributed by atoms with van der Waals surface area (Å²) < 4.78 is 13.9. The van der Waals surface area contributed by atoms with Gasteiger partial charge >= 0.3 is 0 Å². The minimum atomic E-state index is -0.504. The Labute approximate surface area is 159 Å². The fourth-order valence-electron chi connectivity index (χ4n) is 3.72. The second-order valence-corrected chi connectivity index (χ2v) is 7.61. The lowest BCUT2D eigenvalue weighted by Crippen LogP contribution is -2.38. The van der Waals surface area contributed by atoms with Crippen LogP contribution in [0.3, 0.4) is 0 Å². The monoisotopic (exact) mass is 383 g/mol. The van der Waals surface area contributed by atoms with Crippen LogP contribution in [0.25, 0.3) is 10.2 Å². The molecular weight excluding hydrogens is 365 g/mol. The lowest BCUT2D eigenvalue weighted by molar-refractivity contribution is 0.0707. The standard InChI is InChI=1S/C20H18FN3O2S/c21-15-6-2-1-4-13(15)20(26)24-10-7-12(8-11-24)16-14-5-3-9-23-19(14)27-17(16)18(22)25/h1-6,9,12H,7-8,10-11H2,(H2,22,25). The van der Waals surface area contributed by atoms with Gasteiger partial charge in [-0.1, -0.05) is 18.2 Å². The van der Waals surface area contributed by atoms with Gasteiger partial charge in [-0.15, -0.1) is 11.3 Å². The number of pyridine rings is 1. The summed E-state index contributed by atoms with van der Waals surface area (Å²) in [5, 5.41) is 0.954. The Morgan fingerprint density at radius 2 is 1.89 bits per heavy atom. The smallest absolute Gasteiger partial charge is 0.259 e. The van der Waals surface area contributed by atoms with Crippen LogP contribution in [0.4, 0.5) is 4.39 Å². The molecule has 0 unspecified atom stereocenters. The number of carbonyl (C=O) groups excluding carboxylic acids is 2. The fourth-order valence-corrected chi connectivity index (χ4v) is 4.80. The average Bonchev–Trinajstić information content (AvgIpc) is 3.08. The first-order valence-electron chi connectivity index (χ1n) is 8.77. The number of likely N-dealkylation sites (tertiary alicyclic amines) is 1. The third kappa shape index (κ3) is 3.19. The number of primary amides is 1. The topological polar surface area (TPSA) is 76.3 Å². The van der Waals surface area contributed by atoms with Crippen molar-refractivity contribution in [3.8, 4) is 0 Å². The summed E-state index contributed by atoms with van der Waals surface area (Å²) in [4.78, 5) is 31.9. The second kappa shape index (κ2) is 7.08. The normalized spacial score (nSPS) is 15.2. The van der Waals surface area contributed by atoms with E-state index < -0.39 is 11.7 Å². The molecule has 1 aliphatic rings. The first-order chi connectivity index (χ1) is 13.1. The molecule has 0 aliphatic carbocycles. The molecule has 3 aromatic rings. The Kier molecular flexibility index (Phi) is 4.61. The molecule has 4 rings (SSSR count). The molecule has 1 aliphatic heterocycles. The summed E-state index contributed by atoms with van der Waals surface area (Å²) in [5.74, 6) is -1.12. The zero-order valence-electron chi connectivity index (χ0n) is 14.5. The van der Waals surface area contributed by atoms with Crippen molar-refractivity contribution in [2.75, 3.05) is 13.1 Å². The highest BCUT2D eigenvalue weighted by molar-refractivity contribution is 7.20. The van der Waals surface area contributed by atoms with Crippen molar-refractivity contribution in [2.24, 2.45) is 5.73 Å². The van der Waals surface area contributed by atoms with Crippen molar-refractivity contribution in [3.63, 3.8) is 0 Å². The van der Waals surface area contributed by atoms with E-state index in [1.165, 1.54) is 23.5 Å². The largest absolute Gasteiger partial charge is 0.365 e. The number of amides is 2. The molecule has 7 heteroatoms. The number of fused-ring (bicyclic) bond motifs is 1. The van der Waals surface area contributed by atoms with E-state index in [-0.39, 0.29) is 17.4 Å². The van der Waals surface area contributed by atoms with Gasteiger partial charge in [0, 0.05) is 24.7 Å². The number of nitrogens with two attached hydrogens (primary N) is 1. The highest BCUT2D eigenvalue weighted by atomic mass is 32.1. The molecule has 2 N–H and O–H groups in total. The molecule has 138 valence electrons.